The third-order valence-electron chi connectivity index (χ3n) is 3.20. The van der Waals surface area contributed by atoms with E-state index in [1.165, 1.54) is 26.4 Å². The number of hydrogen-bond donors (Lipinski definition) is 0. The fourth-order valence-corrected chi connectivity index (χ4v) is 2.07. The molecule has 2 aromatic rings. The van der Waals surface area contributed by atoms with Crippen molar-refractivity contribution in [3.05, 3.63) is 35.4 Å². The van der Waals surface area contributed by atoms with Gasteiger partial charge in [0.05, 0.1) is 32.1 Å². The van der Waals surface area contributed by atoms with Crippen molar-refractivity contribution in [3.63, 3.8) is 0 Å². The van der Waals surface area contributed by atoms with Crippen LogP contribution in [0.1, 0.15) is 22.8 Å². The molecule has 1 aromatic carbocycles. The lowest BCUT2D eigenvalue weighted by Gasteiger charge is -2.13. The Morgan fingerprint density at radius 2 is 1.72 bits per heavy atom. The first-order valence-corrected chi connectivity index (χ1v) is 7.16. The lowest BCUT2D eigenvalue weighted by atomic mass is 10.0. The number of methoxy groups -OCH3 is 2. The van der Waals surface area contributed by atoms with Crippen molar-refractivity contribution in [2.24, 2.45) is 0 Å². The number of hydrogen-bond acceptors (Lipinski definition) is 6. The molecular formula is C16H15F3N2O4. The molecule has 0 aliphatic carbocycles. The van der Waals surface area contributed by atoms with Gasteiger partial charge in [-0.15, -0.1) is 0 Å². The maximum atomic E-state index is 12.7. The molecule has 0 aliphatic heterocycles. The van der Waals surface area contributed by atoms with E-state index in [-0.39, 0.29) is 35.3 Å². The molecule has 0 fully saturated rings. The normalized spacial score (nSPS) is 11.1. The van der Waals surface area contributed by atoms with E-state index < -0.39 is 17.7 Å². The van der Waals surface area contributed by atoms with Crippen LogP contribution in [0, 0.1) is 0 Å². The summed E-state index contributed by atoms with van der Waals surface area (Å²) in [5, 5.41) is 0. The Labute approximate surface area is 141 Å². The largest absolute Gasteiger partial charge is 0.480 e. The third kappa shape index (κ3) is 3.98. The highest BCUT2D eigenvalue weighted by molar-refractivity contribution is 5.98. The molecule has 0 bridgehead atoms. The van der Waals surface area contributed by atoms with E-state index in [2.05, 4.69) is 9.97 Å². The molecule has 2 rings (SSSR count). The highest BCUT2D eigenvalue weighted by atomic mass is 19.4. The molecule has 134 valence electrons. The lowest BCUT2D eigenvalue weighted by Crippen LogP contribution is -2.12. The average Bonchev–Trinajstić information content (AvgIpc) is 2.60. The van der Waals surface area contributed by atoms with Gasteiger partial charge in [0.1, 0.15) is 5.56 Å². The van der Waals surface area contributed by atoms with E-state index in [0.717, 1.165) is 12.1 Å². The van der Waals surface area contributed by atoms with Gasteiger partial charge in [-0.1, -0.05) is 12.1 Å². The van der Waals surface area contributed by atoms with Crippen LogP contribution in [0.3, 0.4) is 0 Å². The second-order valence-electron chi connectivity index (χ2n) is 4.74. The van der Waals surface area contributed by atoms with Crippen LogP contribution in [0.5, 0.6) is 11.9 Å². The Kier molecular flexibility index (Phi) is 5.45. The molecule has 6 nitrogen and oxygen atoms in total. The number of rotatable bonds is 5. The van der Waals surface area contributed by atoms with Crippen LogP contribution in [-0.2, 0) is 10.9 Å². The van der Waals surface area contributed by atoms with Gasteiger partial charge >= 0.3 is 18.2 Å². The third-order valence-corrected chi connectivity index (χ3v) is 3.20. The van der Waals surface area contributed by atoms with Gasteiger partial charge in [0.15, 0.2) is 0 Å². The lowest BCUT2D eigenvalue weighted by molar-refractivity contribution is -0.137. The zero-order valence-electron chi connectivity index (χ0n) is 13.7. The first kappa shape index (κ1) is 18.5. The Morgan fingerprint density at radius 1 is 1.08 bits per heavy atom. The Hall–Kier alpha value is -2.84. The molecule has 9 heteroatoms. The number of ether oxygens (including phenoxy) is 3. The van der Waals surface area contributed by atoms with Crippen LogP contribution < -0.4 is 9.47 Å². The summed E-state index contributed by atoms with van der Waals surface area (Å²) in [7, 11) is 2.61. The van der Waals surface area contributed by atoms with Crippen LogP contribution >= 0.6 is 0 Å². The van der Waals surface area contributed by atoms with Crippen LogP contribution in [0.2, 0.25) is 0 Å². The summed E-state index contributed by atoms with van der Waals surface area (Å²) < 4.78 is 53.2. The zero-order valence-corrected chi connectivity index (χ0v) is 13.7. The Morgan fingerprint density at radius 3 is 2.20 bits per heavy atom. The van der Waals surface area contributed by atoms with Crippen LogP contribution in [0.25, 0.3) is 11.3 Å². The number of aromatic nitrogens is 2. The van der Waals surface area contributed by atoms with Crippen LogP contribution in [-0.4, -0.2) is 36.8 Å². The monoisotopic (exact) mass is 356 g/mol. The van der Waals surface area contributed by atoms with E-state index in [0.29, 0.717) is 0 Å². The molecule has 0 saturated carbocycles. The molecule has 0 aliphatic rings. The summed E-state index contributed by atoms with van der Waals surface area (Å²) in [6.45, 7) is 1.72. The van der Waals surface area contributed by atoms with Gasteiger partial charge in [-0.3, -0.25) is 0 Å². The predicted octanol–water partition coefficient (Wildman–Crippen LogP) is 3.36. The van der Waals surface area contributed by atoms with Gasteiger partial charge in [0.25, 0.3) is 0 Å². The number of nitrogens with zero attached hydrogens (tertiary/aromatic N) is 2. The molecule has 1 heterocycles. The van der Waals surface area contributed by atoms with Crippen molar-refractivity contribution in [2.45, 2.75) is 13.1 Å². The zero-order chi connectivity index (χ0) is 18.6. The quantitative estimate of drug-likeness (QED) is 0.765. The Balaban J connectivity index is 2.63. The minimum absolute atomic E-state index is 0.0517. The smallest absolute Gasteiger partial charge is 0.416 e. The maximum absolute atomic E-state index is 12.7. The van der Waals surface area contributed by atoms with Gasteiger partial charge < -0.3 is 14.2 Å². The predicted molar refractivity (Wildman–Crippen MR) is 81.5 cm³/mol. The van der Waals surface area contributed by atoms with Gasteiger partial charge in [-0.25, -0.2) is 4.79 Å². The summed E-state index contributed by atoms with van der Waals surface area (Å²) in [5.41, 5.74) is -0.599. The second kappa shape index (κ2) is 7.37. The van der Waals surface area contributed by atoms with E-state index >= 15 is 0 Å². The Bertz CT molecular complexity index is 761. The van der Waals surface area contributed by atoms with E-state index in [1.54, 1.807) is 6.92 Å². The standard InChI is InChI=1S/C16H15F3N2O4/c1-4-25-14(22)11-12(20-15(24-3)21-13(11)23-2)9-5-7-10(8-6-9)16(17,18)19/h5-8H,4H2,1-3H3. The molecular weight excluding hydrogens is 341 g/mol. The molecule has 0 amide bonds. The number of alkyl halides is 3. The fourth-order valence-electron chi connectivity index (χ4n) is 2.07. The summed E-state index contributed by atoms with van der Waals surface area (Å²) in [4.78, 5) is 20.2. The van der Waals surface area contributed by atoms with Crippen molar-refractivity contribution in [1.29, 1.82) is 0 Å². The van der Waals surface area contributed by atoms with E-state index in [4.69, 9.17) is 14.2 Å². The molecule has 1 aromatic heterocycles. The van der Waals surface area contributed by atoms with Gasteiger partial charge in [-0.2, -0.15) is 23.1 Å². The topological polar surface area (TPSA) is 70.5 Å². The molecule has 25 heavy (non-hydrogen) atoms. The summed E-state index contributed by atoms with van der Waals surface area (Å²) in [6, 6.07) is 4.09. The number of esters is 1. The fraction of sp³-hybridized carbons (Fsp3) is 0.312. The molecule has 0 spiro atoms. The highest BCUT2D eigenvalue weighted by Crippen LogP contribution is 2.34. The van der Waals surface area contributed by atoms with Crippen molar-refractivity contribution >= 4 is 5.97 Å². The van der Waals surface area contributed by atoms with E-state index in [9.17, 15) is 18.0 Å². The van der Waals surface area contributed by atoms with Crippen LogP contribution in [0.15, 0.2) is 24.3 Å². The van der Waals surface area contributed by atoms with Crippen LogP contribution in [0.4, 0.5) is 13.2 Å². The van der Waals surface area contributed by atoms with Crippen molar-refractivity contribution < 1.29 is 32.2 Å². The first-order chi connectivity index (χ1) is 11.8. The maximum Gasteiger partial charge on any atom is 0.416 e. The number of carbonyl (C=O) groups is 1. The van der Waals surface area contributed by atoms with Gasteiger partial charge in [0.2, 0.25) is 5.88 Å². The SMILES string of the molecule is CCOC(=O)c1c(OC)nc(OC)nc1-c1ccc(C(F)(F)F)cc1. The van der Waals surface area contributed by atoms with Crippen molar-refractivity contribution in [2.75, 3.05) is 20.8 Å². The average molecular weight is 356 g/mol. The molecule has 0 atom stereocenters. The second-order valence-corrected chi connectivity index (χ2v) is 4.74. The van der Waals surface area contributed by atoms with Crippen molar-refractivity contribution in [3.8, 4) is 23.1 Å². The van der Waals surface area contributed by atoms with Crippen molar-refractivity contribution in [1.82, 2.24) is 9.97 Å². The first-order valence-electron chi connectivity index (χ1n) is 7.16. The number of benzene rings is 1. The number of halogens is 3. The van der Waals surface area contributed by atoms with E-state index in [1.807, 2.05) is 0 Å². The van der Waals surface area contributed by atoms with Gasteiger partial charge in [0, 0.05) is 5.56 Å². The molecule has 0 radical (unpaired) electrons. The molecule has 0 N–H and O–H groups in total. The summed E-state index contributed by atoms with van der Waals surface area (Å²) >= 11 is 0. The molecule has 0 saturated heterocycles. The summed E-state index contributed by atoms with van der Waals surface area (Å²) in [6.07, 6.45) is -4.47. The van der Waals surface area contributed by atoms with Gasteiger partial charge in [-0.05, 0) is 19.1 Å². The molecule has 0 unspecified atom stereocenters. The summed E-state index contributed by atoms with van der Waals surface area (Å²) in [5.74, 6) is -0.850. The number of carbonyl (C=O) groups excluding carboxylic acids is 1. The minimum Gasteiger partial charge on any atom is -0.480 e. The minimum atomic E-state index is -4.47. The highest BCUT2D eigenvalue weighted by Gasteiger charge is 2.31.